The van der Waals surface area contributed by atoms with Crippen molar-refractivity contribution in [1.29, 1.82) is 0 Å². The zero-order chi connectivity index (χ0) is 13.8. The van der Waals surface area contributed by atoms with Crippen molar-refractivity contribution >= 4 is 17.5 Å². The Labute approximate surface area is 118 Å². The van der Waals surface area contributed by atoms with Crippen LogP contribution in [0, 0.1) is 0 Å². The summed E-state index contributed by atoms with van der Waals surface area (Å²) in [6, 6.07) is 7.43. The van der Waals surface area contributed by atoms with Crippen molar-refractivity contribution in [2.75, 3.05) is 20.7 Å². The van der Waals surface area contributed by atoms with E-state index in [4.69, 9.17) is 16.3 Å². The number of hydrogen-bond acceptors (Lipinski definition) is 3. The Kier molecular flexibility index (Phi) is 4.80. The van der Waals surface area contributed by atoms with Gasteiger partial charge < -0.3 is 15.0 Å². The normalized spacial score (nSPS) is 22.5. The van der Waals surface area contributed by atoms with Crippen LogP contribution >= 0.6 is 11.6 Å². The van der Waals surface area contributed by atoms with Crippen molar-refractivity contribution in [2.24, 2.45) is 0 Å². The maximum atomic E-state index is 12.3. The van der Waals surface area contributed by atoms with Gasteiger partial charge in [0.2, 0.25) is 5.91 Å². The highest BCUT2D eigenvalue weighted by atomic mass is 35.5. The van der Waals surface area contributed by atoms with Gasteiger partial charge in [0.05, 0.1) is 12.1 Å². The molecule has 19 heavy (non-hydrogen) atoms. The Bertz CT molecular complexity index is 453. The first-order valence-corrected chi connectivity index (χ1v) is 6.74. The second kappa shape index (κ2) is 6.37. The quantitative estimate of drug-likeness (QED) is 0.913. The fourth-order valence-electron chi connectivity index (χ4n) is 2.30. The van der Waals surface area contributed by atoms with Crippen molar-refractivity contribution in [3.05, 3.63) is 34.9 Å². The van der Waals surface area contributed by atoms with Crippen LogP contribution in [-0.4, -0.2) is 43.7 Å². The van der Waals surface area contributed by atoms with Crippen molar-refractivity contribution in [3.8, 4) is 0 Å². The summed E-state index contributed by atoms with van der Waals surface area (Å²) in [7, 11) is 3.47. The molecule has 2 atom stereocenters. The number of halogens is 1. The minimum Gasteiger partial charge on any atom is -0.380 e. The average molecular weight is 283 g/mol. The second-order valence-corrected chi connectivity index (χ2v) is 5.25. The topological polar surface area (TPSA) is 41.6 Å². The lowest BCUT2D eigenvalue weighted by molar-refractivity contribution is -0.132. The number of amides is 1. The van der Waals surface area contributed by atoms with Crippen LogP contribution in [-0.2, 0) is 16.1 Å². The molecule has 1 aliphatic heterocycles. The number of nitrogens with one attached hydrogen (secondary N) is 1. The molecule has 1 fully saturated rings. The first kappa shape index (κ1) is 14.3. The largest absolute Gasteiger partial charge is 0.380 e. The first-order valence-electron chi connectivity index (χ1n) is 6.36. The predicted octanol–water partition coefficient (Wildman–Crippen LogP) is 1.68. The minimum atomic E-state index is -0.155. The predicted molar refractivity (Wildman–Crippen MR) is 75.1 cm³/mol. The third kappa shape index (κ3) is 3.47. The maximum absolute atomic E-state index is 12.3. The van der Waals surface area contributed by atoms with Gasteiger partial charge in [-0.3, -0.25) is 4.79 Å². The van der Waals surface area contributed by atoms with Gasteiger partial charge in [-0.25, -0.2) is 0 Å². The Balaban J connectivity index is 1.95. The van der Waals surface area contributed by atoms with E-state index in [-0.39, 0.29) is 18.1 Å². The van der Waals surface area contributed by atoms with Gasteiger partial charge in [0, 0.05) is 32.3 Å². The van der Waals surface area contributed by atoms with Crippen molar-refractivity contribution in [2.45, 2.75) is 25.1 Å². The van der Waals surface area contributed by atoms with Crippen LogP contribution in [0.1, 0.15) is 12.0 Å². The molecule has 0 saturated carbocycles. The summed E-state index contributed by atoms with van der Waals surface area (Å²) in [6.07, 6.45) is 0.852. The Hall–Kier alpha value is -1.10. The lowest BCUT2D eigenvalue weighted by Gasteiger charge is -2.21. The highest BCUT2D eigenvalue weighted by Crippen LogP contribution is 2.18. The highest BCUT2D eigenvalue weighted by Gasteiger charge is 2.31. The Morgan fingerprint density at radius 2 is 2.26 bits per heavy atom. The van der Waals surface area contributed by atoms with E-state index < -0.39 is 0 Å². The molecule has 1 heterocycles. The lowest BCUT2D eigenvalue weighted by atomic mass is 10.1. The van der Waals surface area contributed by atoms with Crippen molar-refractivity contribution < 1.29 is 9.53 Å². The molecule has 0 aromatic heterocycles. The zero-order valence-electron chi connectivity index (χ0n) is 11.2. The summed E-state index contributed by atoms with van der Waals surface area (Å²) in [5.41, 5.74) is 0.960. The van der Waals surface area contributed by atoms with Gasteiger partial charge in [-0.1, -0.05) is 29.8 Å². The maximum Gasteiger partial charge on any atom is 0.239 e. The van der Waals surface area contributed by atoms with E-state index in [0.717, 1.165) is 18.5 Å². The number of ether oxygens (including phenoxy) is 1. The molecule has 1 N–H and O–H groups in total. The molecule has 1 aliphatic rings. The monoisotopic (exact) mass is 282 g/mol. The standard InChI is InChI=1S/C14H19ClN2O2/c1-17(9-10-5-3-4-6-12(10)15)14(18)13-7-11(19-2)8-16-13/h3-6,11,13,16H,7-9H2,1-2H3. The highest BCUT2D eigenvalue weighted by molar-refractivity contribution is 6.31. The molecule has 0 bridgehead atoms. The van der Waals surface area contributed by atoms with Gasteiger partial charge in [-0.15, -0.1) is 0 Å². The number of carbonyl (C=O) groups excluding carboxylic acids is 1. The molecule has 1 aromatic rings. The lowest BCUT2D eigenvalue weighted by Crippen LogP contribution is -2.41. The van der Waals surface area contributed by atoms with Crippen LogP contribution in [0.2, 0.25) is 5.02 Å². The summed E-state index contributed by atoms with van der Waals surface area (Å²) in [4.78, 5) is 14.0. The van der Waals surface area contributed by atoms with E-state index in [1.807, 2.05) is 24.3 Å². The summed E-state index contributed by atoms with van der Waals surface area (Å²) in [5, 5.41) is 3.88. The molecule has 0 radical (unpaired) electrons. The number of rotatable bonds is 4. The van der Waals surface area contributed by atoms with Crippen LogP contribution in [0.25, 0.3) is 0 Å². The second-order valence-electron chi connectivity index (χ2n) is 4.84. The number of methoxy groups -OCH3 is 1. The third-order valence-corrected chi connectivity index (χ3v) is 3.83. The van der Waals surface area contributed by atoms with E-state index in [2.05, 4.69) is 5.32 Å². The SMILES string of the molecule is COC1CNC(C(=O)N(C)Cc2ccccc2Cl)C1. The summed E-state index contributed by atoms with van der Waals surface area (Å²) in [6.45, 7) is 1.25. The minimum absolute atomic E-state index is 0.0828. The van der Waals surface area contributed by atoms with Crippen molar-refractivity contribution in [3.63, 3.8) is 0 Å². The number of carbonyl (C=O) groups is 1. The van der Waals surface area contributed by atoms with Crippen LogP contribution < -0.4 is 5.32 Å². The average Bonchev–Trinajstić information content (AvgIpc) is 2.89. The molecule has 1 saturated heterocycles. The molecule has 0 aliphatic carbocycles. The van der Waals surface area contributed by atoms with Gasteiger partial charge in [-0.2, -0.15) is 0 Å². The molecule has 5 heteroatoms. The smallest absolute Gasteiger partial charge is 0.239 e. The number of nitrogens with zero attached hydrogens (tertiary/aromatic N) is 1. The van der Waals surface area contributed by atoms with Gasteiger partial charge >= 0.3 is 0 Å². The van der Waals surface area contributed by atoms with E-state index >= 15 is 0 Å². The summed E-state index contributed by atoms with van der Waals surface area (Å²) >= 11 is 6.10. The molecular formula is C14H19ClN2O2. The van der Waals surface area contributed by atoms with E-state index in [9.17, 15) is 4.79 Å². The summed E-state index contributed by atoms with van der Waals surface area (Å²) < 4.78 is 5.25. The molecule has 4 nitrogen and oxygen atoms in total. The van der Waals surface area contributed by atoms with Gasteiger partial charge in [-0.05, 0) is 18.1 Å². The number of hydrogen-bond donors (Lipinski definition) is 1. The van der Waals surface area contributed by atoms with Gasteiger partial charge in [0.15, 0.2) is 0 Å². The molecule has 1 amide bonds. The first-order chi connectivity index (χ1) is 9.11. The fourth-order valence-corrected chi connectivity index (χ4v) is 2.49. The number of benzene rings is 1. The molecule has 0 spiro atoms. The molecule has 2 rings (SSSR count). The fraction of sp³-hybridized carbons (Fsp3) is 0.500. The Morgan fingerprint density at radius 1 is 1.53 bits per heavy atom. The zero-order valence-corrected chi connectivity index (χ0v) is 12.0. The molecule has 104 valence electrons. The third-order valence-electron chi connectivity index (χ3n) is 3.46. The molecular weight excluding hydrogens is 264 g/mol. The van der Waals surface area contributed by atoms with Crippen LogP contribution in [0.3, 0.4) is 0 Å². The number of likely N-dealkylation sites (N-methyl/N-ethyl adjacent to an activating group) is 1. The van der Waals surface area contributed by atoms with Crippen LogP contribution in [0.5, 0.6) is 0 Å². The van der Waals surface area contributed by atoms with E-state index in [1.165, 1.54) is 0 Å². The van der Waals surface area contributed by atoms with Gasteiger partial charge in [0.25, 0.3) is 0 Å². The van der Waals surface area contributed by atoms with Crippen LogP contribution in [0.4, 0.5) is 0 Å². The Morgan fingerprint density at radius 3 is 2.89 bits per heavy atom. The molecule has 2 unspecified atom stereocenters. The van der Waals surface area contributed by atoms with Crippen molar-refractivity contribution in [1.82, 2.24) is 10.2 Å². The van der Waals surface area contributed by atoms with E-state index in [0.29, 0.717) is 11.6 Å². The van der Waals surface area contributed by atoms with Gasteiger partial charge in [0.1, 0.15) is 0 Å². The summed E-state index contributed by atoms with van der Waals surface area (Å²) in [5.74, 6) is 0.0828. The van der Waals surface area contributed by atoms with E-state index in [1.54, 1.807) is 19.1 Å². The molecule has 1 aromatic carbocycles. The van der Waals surface area contributed by atoms with Crippen LogP contribution in [0.15, 0.2) is 24.3 Å².